The minimum atomic E-state index is -0.426. The number of aromatic nitrogens is 8. The van der Waals surface area contributed by atoms with Gasteiger partial charge in [0.05, 0.1) is 102 Å². The van der Waals surface area contributed by atoms with Gasteiger partial charge in [-0.15, -0.1) is 0 Å². The summed E-state index contributed by atoms with van der Waals surface area (Å²) in [5, 5.41) is 12.9. The van der Waals surface area contributed by atoms with E-state index in [0.717, 1.165) is 205 Å². The van der Waals surface area contributed by atoms with Crippen LogP contribution in [0, 0.1) is 0 Å². The summed E-state index contributed by atoms with van der Waals surface area (Å²) in [5.74, 6) is 0.128. The molecule has 6 aliphatic heterocycles. The molecule has 0 aromatic carbocycles. The average Bonchev–Trinajstić information content (AvgIpc) is 2.36. The molecule has 20 heteroatoms. The minimum Gasteiger partial charge on any atom is -0.461 e. The molecule has 7 fully saturated rings. The number of hydrogen-bond donors (Lipinski definition) is 0. The fourth-order valence-electron chi connectivity index (χ4n) is 14.4. The Hall–Kier alpha value is -6.42. The van der Waals surface area contributed by atoms with Crippen molar-refractivity contribution in [1.29, 1.82) is 0 Å². The largest absolute Gasteiger partial charge is 0.461 e. The summed E-state index contributed by atoms with van der Waals surface area (Å²) in [6.45, 7) is 15.3. The highest BCUT2D eigenvalue weighted by Gasteiger charge is 2.39. The van der Waals surface area contributed by atoms with Crippen LogP contribution in [-0.2, 0) is 28.4 Å². The number of carbonyl (C=O) groups excluding carboxylic acids is 2. The number of morpholine rings is 2. The number of pyridine rings is 4. The highest BCUT2D eigenvalue weighted by atomic mass is 16.5. The zero-order valence-corrected chi connectivity index (χ0v) is 48.9. The second kappa shape index (κ2) is 24.5. The van der Waals surface area contributed by atoms with Crippen LogP contribution < -0.4 is 9.80 Å². The van der Waals surface area contributed by atoms with Gasteiger partial charge in [0.2, 0.25) is 0 Å². The summed E-state index contributed by atoms with van der Waals surface area (Å²) in [7, 11) is 0. The second-order valence-corrected chi connectivity index (χ2v) is 24.3. The molecule has 12 heterocycles. The maximum atomic E-state index is 13.6. The van der Waals surface area contributed by atoms with Crippen molar-refractivity contribution in [2.24, 2.45) is 0 Å². The molecule has 6 aromatic rings. The first-order valence-electron chi connectivity index (χ1n) is 31.6. The molecule has 0 spiro atoms. The number of fused-ring (bicyclic) bond motifs is 2. The van der Waals surface area contributed by atoms with Gasteiger partial charge in [-0.1, -0.05) is 18.9 Å². The third-order valence-electron chi connectivity index (χ3n) is 19.5. The number of rotatable bonds is 15. The minimum absolute atomic E-state index is 0.116. The Labute approximate surface area is 491 Å². The van der Waals surface area contributed by atoms with Crippen molar-refractivity contribution in [2.75, 3.05) is 115 Å². The van der Waals surface area contributed by atoms with Crippen LogP contribution in [0.15, 0.2) is 54.9 Å². The molecule has 2 unspecified atom stereocenters. The lowest BCUT2D eigenvalue weighted by Gasteiger charge is -2.44. The Kier molecular flexibility index (Phi) is 16.2. The summed E-state index contributed by atoms with van der Waals surface area (Å²) in [6, 6.07) is 13.1. The smallest absolute Gasteiger partial charge is 0.357 e. The molecule has 8 aliphatic rings. The van der Waals surface area contributed by atoms with Gasteiger partial charge in [0.25, 0.3) is 0 Å². The molecule has 14 rings (SSSR count). The SMILES string of the molecule is CCOC(=O)c1cc(N2CCC(N3CCOCC3)CC2)c2c(C3CCC3)nn(-c3ccnc(C4=CCOC(C5CN(C6CCN(c7cc(C(=O)OCC)nc8c7c(C7CCC7)nn8-c7ccnc(C8CCOCC8)c7)CC6)CCO5)C4)c3)c2n1. The van der Waals surface area contributed by atoms with Gasteiger partial charge in [0.15, 0.2) is 22.7 Å². The highest BCUT2D eigenvalue weighted by Crippen LogP contribution is 2.46. The molecule has 2 saturated carbocycles. The summed E-state index contributed by atoms with van der Waals surface area (Å²) in [4.78, 5) is 57.3. The molecule has 84 heavy (non-hydrogen) atoms. The summed E-state index contributed by atoms with van der Waals surface area (Å²) < 4.78 is 39.7. The molecule has 6 aromatic heterocycles. The van der Waals surface area contributed by atoms with E-state index >= 15 is 0 Å². The highest BCUT2D eigenvalue weighted by molar-refractivity contribution is 6.00. The Bertz CT molecular complexity index is 3380. The number of piperidine rings is 2. The van der Waals surface area contributed by atoms with E-state index < -0.39 is 11.9 Å². The molecule has 0 N–H and O–H groups in total. The van der Waals surface area contributed by atoms with Gasteiger partial charge in [-0.05, 0) is 120 Å². The number of nitrogens with zero attached hydrogens (tertiary/aromatic N) is 12. The lowest BCUT2D eigenvalue weighted by Crippen LogP contribution is -2.54. The molecular weight excluding hydrogens is 1060 g/mol. The van der Waals surface area contributed by atoms with Crippen molar-refractivity contribution in [3.05, 3.63) is 89.0 Å². The standard InChI is InChI=1S/C64H80N12O8/c1-3-81-63(77)51-38-53(72-22-13-45(14-23-72)71-26-32-80-33-27-71)57-60(43-9-6-10-43)70-76(62(57)68-51)48-12-21-66-50(37-48)44-19-31-83-55(35-44)56-40-74(28-34-84-56)46-15-24-73(25-16-46)54-39-52(64(78)82-4-2)67-61-58(54)59(42-7-5-8-42)69-75(61)47-11-20-65-49(36-47)41-17-29-79-30-18-41/h11-12,19-21,36-39,41-43,45-46,55-56H,3-10,13-18,22-35,40H2,1-2H3. The Morgan fingerprint density at radius 1 is 0.571 bits per heavy atom. The summed E-state index contributed by atoms with van der Waals surface area (Å²) >= 11 is 0. The molecule has 444 valence electrons. The predicted molar refractivity (Wildman–Crippen MR) is 318 cm³/mol. The maximum Gasteiger partial charge on any atom is 0.357 e. The molecule has 0 radical (unpaired) electrons. The first kappa shape index (κ1) is 55.5. The summed E-state index contributed by atoms with van der Waals surface area (Å²) in [5.41, 5.74) is 10.9. The van der Waals surface area contributed by atoms with Gasteiger partial charge >= 0.3 is 11.9 Å². The van der Waals surface area contributed by atoms with Crippen LogP contribution in [-0.4, -0.2) is 191 Å². The van der Waals surface area contributed by atoms with Crippen molar-refractivity contribution in [3.63, 3.8) is 0 Å². The quantitative estimate of drug-likeness (QED) is 0.0888. The molecular formula is C64H80N12O8. The number of carbonyl (C=O) groups is 2. The van der Waals surface area contributed by atoms with E-state index in [-0.39, 0.29) is 25.4 Å². The van der Waals surface area contributed by atoms with E-state index in [1.165, 1.54) is 12.8 Å². The van der Waals surface area contributed by atoms with E-state index in [2.05, 4.69) is 37.8 Å². The van der Waals surface area contributed by atoms with Crippen molar-refractivity contribution in [2.45, 2.75) is 139 Å². The van der Waals surface area contributed by atoms with E-state index in [1.807, 2.05) is 59.9 Å². The van der Waals surface area contributed by atoms with E-state index in [1.54, 1.807) is 0 Å². The van der Waals surface area contributed by atoms with Gasteiger partial charge in [-0.25, -0.2) is 28.9 Å². The number of ether oxygens (including phenoxy) is 6. The Morgan fingerprint density at radius 2 is 1.12 bits per heavy atom. The Morgan fingerprint density at radius 3 is 1.69 bits per heavy atom. The molecule has 20 nitrogen and oxygen atoms in total. The summed E-state index contributed by atoms with van der Waals surface area (Å²) in [6.07, 6.45) is 18.8. The molecule has 2 aliphatic carbocycles. The lowest BCUT2D eigenvalue weighted by atomic mass is 9.82. The first-order valence-corrected chi connectivity index (χ1v) is 31.6. The molecule has 0 bridgehead atoms. The van der Waals surface area contributed by atoms with Crippen LogP contribution in [0.25, 0.3) is 39.0 Å². The van der Waals surface area contributed by atoms with Crippen molar-refractivity contribution in [1.82, 2.24) is 49.3 Å². The van der Waals surface area contributed by atoms with Gasteiger partial charge < -0.3 is 38.2 Å². The van der Waals surface area contributed by atoms with Gasteiger partial charge in [0.1, 0.15) is 0 Å². The van der Waals surface area contributed by atoms with E-state index in [0.29, 0.717) is 72.2 Å². The van der Waals surface area contributed by atoms with Gasteiger partial charge in [-0.2, -0.15) is 10.2 Å². The fraction of sp³-hybridized carbons (Fsp3) is 0.594. The van der Waals surface area contributed by atoms with E-state index in [4.69, 9.17) is 58.6 Å². The van der Waals surface area contributed by atoms with Gasteiger partial charge in [0, 0.05) is 120 Å². The van der Waals surface area contributed by atoms with Gasteiger partial charge in [-0.3, -0.25) is 19.8 Å². The second-order valence-electron chi connectivity index (χ2n) is 24.3. The maximum absolute atomic E-state index is 13.6. The van der Waals surface area contributed by atoms with Crippen LogP contribution in [0.1, 0.15) is 159 Å². The fourth-order valence-corrected chi connectivity index (χ4v) is 14.4. The Balaban J connectivity index is 0.690. The van der Waals surface area contributed by atoms with Crippen LogP contribution in [0.4, 0.5) is 11.4 Å². The lowest BCUT2D eigenvalue weighted by molar-refractivity contribution is -0.115. The third kappa shape index (κ3) is 11.0. The van der Waals surface area contributed by atoms with Crippen LogP contribution in [0.3, 0.4) is 0 Å². The normalized spacial score (nSPS) is 23.2. The van der Waals surface area contributed by atoms with Crippen molar-refractivity contribution < 1.29 is 38.0 Å². The zero-order valence-electron chi connectivity index (χ0n) is 48.9. The number of esters is 2. The monoisotopic (exact) mass is 1140 g/mol. The topological polar surface area (TPSA) is 190 Å². The number of anilines is 2. The van der Waals surface area contributed by atoms with Crippen LogP contribution in [0.5, 0.6) is 0 Å². The molecule has 0 amide bonds. The van der Waals surface area contributed by atoms with Crippen molar-refractivity contribution in [3.8, 4) is 11.4 Å². The van der Waals surface area contributed by atoms with Crippen LogP contribution >= 0.6 is 0 Å². The molecule has 5 saturated heterocycles. The third-order valence-corrected chi connectivity index (χ3v) is 19.5. The molecule has 2 atom stereocenters. The zero-order chi connectivity index (χ0) is 56.7. The first-order chi connectivity index (χ1) is 41.3. The predicted octanol–water partition coefficient (Wildman–Crippen LogP) is 8.57. The van der Waals surface area contributed by atoms with Crippen molar-refractivity contribution >= 4 is 51.0 Å². The number of hydrogen-bond acceptors (Lipinski definition) is 18. The van der Waals surface area contributed by atoms with Crippen LogP contribution in [0.2, 0.25) is 0 Å². The van der Waals surface area contributed by atoms with E-state index in [9.17, 15) is 9.59 Å². The average molecular weight is 1150 g/mol.